The minimum absolute atomic E-state index is 0. The molecule has 5 heteroatoms. The molecule has 2 aromatic rings. The van der Waals surface area contributed by atoms with Crippen LogP contribution in [0.1, 0.15) is 66.6 Å². The highest BCUT2D eigenvalue weighted by atomic mass is 35.5. The number of aromatic nitrogens is 1. The number of hydrogen-bond acceptors (Lipinski definition) is 4. The Morgan fingerprint density at radius 2 is 1.86 bits per heavy atom. The molecule has 3 atom stereocenters. The Morgan fingerprint density at radius 3 is 2.66 bits per heavy atom. The van der Waals surface area contributed by atoms with E-state index in [9.17, 15) is 0 Å². The maximum atomic E-state index is 5.75. The van der Waals surface area contributed by atoms with E-state index in [0.717, 1.165) is 24.8 Å². The maximum absolute atomic E-state index is 5.75. The normalized spacial score (nSPS) is 28.4. The number of hydrogen-bond donors (Lipinski definition) is 0. The molecule has 0 bridgehead atoms. The van der Waals surface area contributed by atoms with Gasteiger partial charge in [-0.25, -0.2) is 0 Å². The van der Waals surface area contributed by atoms with Crippen molar-refractivity contribution >= 4 is 12.4 Å². The zero-order valence-electron chi connectivity index (χ0n) is 17.7. The number of halogens is 1. The molecular formula is C24H34ClN3O. The quantitative estimate of drug-likeness (QED) is 0.688. The van der Waals surface area contributed by atoms with Crippen molar-refractivity contribution in [2.45, 2.75) is 57.5 Å². The summed E-state index contributed by atoms with van der Waals surface area (Å²) in [6, 6.07) is 11.7. The molecule has 0 spiro atoms. The highest BCUT2D eigenvalue weighted by molar-refractivity contribution is 5.85. The van der Waals surface area contributed by atoms with Gasteiger partial charge in [0.2, 0.25) is 0 Å². The van der Waals surface area contributed by atoms with Crippen molar-refractivity contribution < 1.29 is 4.52 Å². The Hall–Kier alpha value is -1.36. The van der Waals surface area contributed by atoms with E-state index in [4.69, 9.17) is 4.52 Å². The van der Waals surface area contributed by atoms with E-state index in [1.54, 1.807) is 0 Å². The van der Waals surface area contributed by atoms with Gasteiger partial charge in [0.05, 0.1) is 12.2 Å². The summed E-state index contributed by atoms with van der Waals surface area (Å²) in [5, 5.41) is 4.43. The molecule has 3 heterocycles. The van der Waals surface area contributed by atoms with Crippen LogP contribution in [0.25, 0.3) is 0 Å². The number of nitrogens with zero attached hydrogens (tertiary/aromatic N) is 3. The van der Waals surface area contributed by atoms with Gasteiger partial charge in [-0.15, -0.1) is 12.4 Å². The van der Waals surface area contributed by atoms with E-state index >= 15 is 0 Å². The van der Waals surface area contributed by atoms with Gasteiger partial charge in [0.1, 0.15) is 0 Å². The SMILES string of the molecule is Cc1ccccc1[C@H]1[C@@H]2CN(Cc3cc(C4CCCCC4)no3)C[C@@H]2CN1C.Cl. The third kappa shape index (κ3) is 4.12. The van der Waals surface area contributed by atoms with Crippen molar-refractivity contribution in [2.75, 3.05) is 26.7 Å². The largest absolute Gasteiger partial charge is 0.360 e. The van der Waals surface area contributed by atoms with Crippen LogP contribution in [0, 0.1) is 18.8 Å². The zero-order chi connectivity index (χ0) is 19.1. The molecule has 158 valence electrons. The van der Waals surface area contributed by atoms with Gasteiger partial charge in [-0.3, -0.25) is 9.80 Å². The molecule has 0 amide bonds. The Labute approximate surface area is 181 Å². The standard InChI is InChI=1S/C24H33N3O.ClH/c1-17-8-6-7-11-21(17)24-22-16-27(14-19(22)13-26(24)2)15-20-12-23(25-28-20)18-9-4-3-5-10-18;/h6-8,11-12,18-19,22,24H,3-5,9-10,13-16H2,1-2H3;1H/t19-,22+,24-;/m0./s1. The second-order valence-corrected chi connectivity index (χ2v) is 9.41. The lowest BCUT2D eigenvalue weighted by Gasteiger charge is -2.27. The number of rotatable bonds is 4. The van der Waals surface area contributed by atoms with E-state index < -0.39 is 0 Å². The summed E-state index contributed by atoms with van der Waals surface area (Å²) in [5.74, 6) is 3.16. The molecule has 2 saturated heterocycles. The molecule has 3 aliphatic rings. The Morgan fingerprint density at radius 1 is 1.07 bits per heavy atom. The smallest absolute Gasteiger partial charge is 0.150 e. The van der Waals surface area contributed by atoms with Crippen LogP contribution in [0.15, 0.2) is 34.9 Å². The fourth-order valence-corrected chi connectivity index (χ4v) is 6.08. The van der Waals surface area contributed by atoms with E-state index in [1.165, 1.54) is 62.0 Å². The van der Waals surface area contributed by atoms with Gasteiger partial charge < -0.3 is 4.52 Å². The van der Waals surface area contributed by atoms with Gasteiger partial charge in [-0.2, -0.15) is 0 Å². The lowest BCUT2D eigenvalue weighted by Crippen LogP contribution is -2.29. The lowest BCUT2D eigenvalue weighted by atomic mass is 9.87. The van der Waals surface area contributed by atoms with Crippen molar-refractivity contribution in [3.63, 3.8) is 0 Å². The molecular weight excluding hydrogens is 382 g/mol. The van der Waals surface area contributed by atoms with E-state index in [0.29, 0.717) is 17.9 Å². The summed E-state index contributed by atoms with van der Waals surface area (Å²) in [4.78, 5) is 5.17. The average Bonchev–Trinajstić information content (AvgIpc) is 3.38. The van der Waals surface area contributed by atoms with Gasteiger partial charge in [0.15, 0.2) is 5.76 Å². The topological polar surface area (TPSA) is 32.5 Å². The van der Waals surface area contributed by atoms with E-state index in [2.05, 4.69) is 59.3 Å². The second kappa shape index (κ2) is 8.79. The summed E-state index contributed by atoms with van der Waals surface area (Å²) in [6.07, 6.45) is 6.63. The Bertz CT molecular complexity index is 816. The fourth-order valence-electron chi connectivity index (χ4n) is 6.08. The molecule has 29 heavy (non-hydrogen) atoms. The van der Waals surface area contributed by atoms with E-state index in [-0.39, 0.29) is 12.4 Å². The van der Waals surface area contributed by atoms with Crippen LogP contribution >= 0.6 is 12.4 Å². The number of benzene rings is 1. The van der Waals surface area contributed by atoms with Crippen LogP contribution in [0.4, 0.5) is 0 Å². The summed E-state index contributed by atoms with van der Waals surface area (Å²) in [7, 11) is 2.30. The molecule has 2 aliphatic heterocycles. The molecule has 4 nitrogen and oxygen atoms in total. The molecule has 1 aromatic heterocycles. The third-order valence-electron chi connectivity index (χ3n) is 7.46. The molecule has 3 fully saturated rings. The molecule has 1 aromatic carbocycles. The minimum Gasteiger partial charge on any atom is -0.360 e. The maximum Gasteiger partial charge on any atom is 0.150 e. The first-order valence-electron chi connectivity index (χ1n) is 11.1. The van der Waals surface area contributed by atoms with Crippen LogP contribution in [0.5, 0.6) is 0 Å². The first kappa shape index (κ1) is 20.9. The molecule has 0 radical (unpaired) electrons. The predicted molar refractivity (Wildman–Crippen MR) is 118 cm³/mol. The van der Waals surface area contributed by atoms with Crippen LogP contribution in [0.3, 0.4) is 0 Å². The van der Waals surface area contributed by atoms with E-state index in [1.807, 2.05) is 0 Å². The van der Waals surface area contributed by atoms with Gasteiger partial charge in [0, 0.05) is 37.7 Å². The molecule has 5 rings (SSSR count). The first-order chi connectivity index (χ1) is 13.7. The average molecular weight is 416 g/mol. The highest BCUT2D eigenvalue weighted by Crippen LogP contribution is 2.45. The van der Waals surface area contributed by atoms with Crippen LogP contribution in [-0.4, -0.2) is 41.6 Å². The fraction of sp³-hybridized carbons (Fsp3) is 0.625. The monoisotopic (exact) mass is 415 g/mol. The van der Waals surface area contributed by atoms with Crippen LogP contribution in [0.2, 0.25) is 0 Å². The first-order valence-corrected chi connectivity index (χ1v) is 11.1. The molecule has 0 unspecified atom stereocenters. The van der Waals surface area contributed by atoms with Gasteiger partial charge in [-0.1, -0.05) is 48.7 Å². The van der Waals surface area contributed by atoms with Crippen molar-refractivity contribution in [2.24, 2.45) is 11.8 Å². The van der Waals surface area contributed by atoms with Gasteiger partial charge in [0.25, 0.3) is 0 Å². The summed E-state index contributed by atoms with van der Waals surface area (Å²) >= 11 is 0. The Kier molecular flexibility index (Phi) is 6.33. The minimum atomic E-state index is 0. The van der Waals surface area contributed by atoms with Crippen LogP contribution in [-0.2, 0) is 6.54 Å². The van der Waals surface area contributed by atoms with Crippen molar-refractivity contribution in [1.82, 2.24) is 15.0 Å². The van der Waals surface area contributed by atoms with Crippen molar-refractivity contribution in [3.8, 4) is 0 Å². The summed E-state index contributed by atoms with van der Waals surface area (Å²) in [5.41, 5.74) is 4.14. The predicted octanol–water partition coefficient (Wildman–Crippen LogP) is 5.19. The van der Waals surface area contributed by atoms with Crippen molar-refractivity contribution in [3.05, 3.63) is 52.9 Å². The number of fused-ring (bicyclic) bond motifs is 1. The molecule has 1 saturated carbocycles. The number of likely N-dealkylation sites (tertiary alicyclic amines) is 2. The zero-order valence-corrected chi connectivity index (χ0v) is 18.5. The van der Waals surface area contributed by atoms with Crippen molar-refractivity contribution in [1.29, 1.82) is 0 Å². The summed E-state index contributed by atoms with van der Waals surface area (Å²) in [6.45, 7) is 6.70. The highest BCUT2D eigenvalue weighted by Gasteiger charge is 2.46. The number of aryl methyl sites for hydroxylation is 1. The molecule has 1 aliphatic carbocycles. The van der Waals surface area contributed by atoms with Gasteiger partial charge in [-0.05, 0) is 49.8 Å². The summed E-state index contributed by atoms with van der Waals surface area (Å²) < 4.78 is 5.75. The van der Waals surface area contributed by atoms with Crippen LogP contribution < -0.4 is 0 Å². The van der Waals surface area contributed by atoms with Gasteiger partial charge >= 0.3 is 0 Å². The second-order valence-electron chi connectivity index (χ2n) is 9.41. The Balaban J connectivity index is 0.00000205. The third-order valence-corrected chi connectivity index (χ3v) is 7.46. The molecule has 0 N–H and O–H groups in total. The lowest BCUT2D eigenvalue weighted by molar-refractivity contribution is 0.209.